The number of methoxy groups -OCH3 is 1. The zero-order valence-electron chi connectivity index (χ0n) is 12.7. The highest BCUT2D eigenvalue weighted by atomic mass is 16.5. The SMILES string of the molecule is COCCNc1ccc2ncc(-c3ccc(C(N)=O)cc3)n2n1. The second-order valence-electron chi connectivity index (χ2n) is 4.99. The Morgan fingerprint density at radius 3 is 2.74 bits per heavy atom. The molecule has 0 saturated carbocycles. The zero-order chi connectivity index (χ0) is 16.2. The number of carbonyl (C=O) groups excluding carboxylic acids is 1. The van der Waals surface area contributed by atoms with E-state index in [1.807, 2.05) is 24.3 Å². The summed E-state index contributed by atoms with van der Waals surface area (Å²) in [6, 6.07) is 10.8. The number of nitrogens with zero attached hydrogens (tertiary/aromatic N) is 3. The minimum Gasteiger partial charge on any atom is -0.383 e. The molecule has 118 valence electrons. The fraction of sp³-hybridized carbons (Fsp3) is 0.188. The Morgan fingerprint density at radius 1 is 1.26 bits per heavy atom. The lowest BCUT2D eigenvalue weighted by atomic mass is 10.1. The van der Waals surface area contributed by atoms with Crippen LogP contribution in [0.25, 0.3) is 16.9 Å². The number of rotatable bonds is 6. The van der Waals surface area contributed by atoms with E-state index in [2.05, 4.69) is 15.4 Å². The van der Waals surface area contributed by atoms with Crippen LogP contribution < -0.4 is 11.1 Å². The van der Waals surface area contributed by atoms with Crippen molar-refractivity contribution in [2.45, 2.75) is 0 Å². The van der Waals surface area contributed by atoms with Crippen LogP contribution in [0.3, 0.4) is 0 Å². The first-order chi connectivity index (χ1) is 11.2. The third-order valence-corrected chi connectivity index (χ3v) is 3.44. The fourth-order valence-electron chi connectivity index (χ4n) is 2.25. The lowest BCUT2D eigenvalue weighted by Gasteiger charge is -2.07. The Bertz CT molecular complexity index is 826. The van der Waals surface area contributed by atoms with Gasteiger partial charge in [0.15, 0.2) is 5.65 Å². The third kappa shape index (κ3) is 3.14. The number of fused-ring (bicyclic) bond motifs is 1. The molecule has 3 rings (SSSR count). The first-order valence-electron chi connectivity index (χ1n) is 7.17. The molecule has 23 heavy (non-hydrogen) atoms. The van der Waals surface area contributed by atoms with Crippen LogP contribution in [0.15, 0.2) is 42.6 Å². The summed E-state index contributed by atoms with van der Waals surface area (Å²) in [5, 5.41) is 7.72. The molecule has 3 N–H and O–H groups in total. The molecule has 0 bridgehead atoms. The average molecular weight is 311 g/mol. The van der Waals surface area contributed by atoms with E-state index in [1.54, 1.807) is 30.0 Å². The number of anilines is 1. The van der Waals surface area contributed by atoms with Crippen molar-refractivity contribution in [2.24, 2.45) is 5.73 Å². The molecule has 2 aromatic heterocycles. The molecule has 1 amide bonds. The van der Waals surface area contributed by atoms with Gasteiger partial charge in [-0.15, -0.1) is 5.10 Å². The van der Waals surface area contributed by atoms with Crippen molar-refractivity contribution in [3.05, 3.63) is 48.2 Å². The van der Waals surface area contributed by atoms with E-state index < -0.39 is 5.91 Å². The quantitative estimate of drug-likeness (QED) is 0.674. The van der Waals surface area contributed by atoms with E-state index in [-0.39, 0.29) is 0 Å². The second-order valence-corrected chi connectivity index (χ2v) is 4.99. The maximum Gasteiger partial charge on any atom is 0.248 e. The van der Waals surface area contributed by atoms with Gasteiger partial charge in [-0.3, -0.25) is 4.79 Å². The van der Waals surface area contributed by atoms with Gasteiger partial charge in [0.2, 0.25) is 5.91 Å². The summed E-state index contributed by atoms with van der Waals surface area (Å²) < 4.78 is 6.77. The molecule has 0 atom stereocenters. The second kappa shape index (κ2) is 6.45. The number of nitrogens with two attached hydrogens (primary N) is 1. The minimum absolute atomic E-state index is 0.447. The topological polar surface area (TPSA) is 94.5 Å². The number of hydrogen-bond acceptors (Lipinski definition) is 5. The van der Waals surface area contributed by atoms with Gasteiger partial charge >= 0.3 is 0 Å². The van der Waals surface area contributed by atoms with Crippen LogP contribution in [0.1, 0.15) is 10.4 Å². The number of amides is 1. The van der Waals surface area contributed by atoms with Crippen molar-refractivity contribution in [3.63, 3.8) is 0 Å². The van der Waals surface area contributed by atoms with Crippen LogP contribution in [0.2, 0.25) is 0 Å². The van der Waals surface area contributed by atoms with Crippen LogP contribution >= 0.6 is 0 Å². The molecule has 2 heterocycles. The van der Waals surface area contributed by atoms with Gasteiger partial charge in [-0.25, -0.2) is 9.50 Å². The van der Waals surface area contributed by atoms with Crippen molar-refractivity contribution in [1.82, 2.24) is 14.6 Å². The van der Waals surface area contributed by atoms with Gasteiger partial charge < -0.3 is 15.8 Å². The van der Waals surface area contributed by atoms with Gasteiger partial charge in [0, 0.05) is 24.8 Å². The summed E-state index contributed by atoms with van der Waals surface area (Å²) in [7, 11) is 1.65. The Morgan fingerprint density at radius 2 is 2.04 bits per heavy atom. The Balaban J connectivity index is 1.93. The van der Waals surface area contributed by atoms with Crippen LogP contribution in [-0.2, 0) is 4.74 Å². The maximum absolute atomic E-state index is 11.2. The third-order valence-electron chi connectivity index (χ3n) is 3.44. The molecule has 0 aliphatic heterocycles. The molecule has 0 unspecified atom stereocenters. The molecule has 3 aromatic rings. The van der Waals surface area contributed by atoms with Crippen molar-refractivity contribution >= 4 is 17.4 Å². The number of benzene rings is 1. The molecule has 0 aliphatic rings. The van der Waals surface area contributed by atoms with Gasteiger partial charge in [0.05, 0.1) is 18.5 Å². The molecule has 0 radical (unpaired) electrons. The zero-order valence-corrected chi connectivity index (χ0v) is 12.7. The van der Waals surface area contributed by atoms with Crippen molar-refractivity contribution < 1.29 is 9.53 Å². The molecule has 7 heteroatoms. The molecule has 7 nitrogen and oxygen atoms in total. The lowest BCUT2D eigenvalue weighted by molar-refractivity contribution is 0.100. The first-order valence-corrected chi connectivity index (χ1v) is 7.17. The van der Waals surface area contributed by atoms with Crippen molar-refractivity contribution in [1.29, 1.82) is 0 Å². The monoisotopic (exact) mass is 311 g/mol. The smallest absolute Gasteiger partial charge is 0.248 e. The highest BCUT2D eigenvalue weighted by molar-refractivity contribution is 5.93. The van der Waals surface area contributed by atoms with E-state index in [9.17, 15) is 4.79 Å². The summed E-state index contributed by atoms with van der Waals surface area (Å²) in [6.07, 6.45) is 1.75. The molecule has 0 aliphatic carbocycles. The molecule has 0 saturated heterocycles. The number of carbonyl (C=O) groups is 1. The Hall–Kier alpha value is -2.93. The van der Waals surface area contributed by atoms with Crippen LogP contribution in [0.5, 0.6) is 0 Å². The van der Waals surface area contributed by atoms with Gasteiger partial charge in [-0.1, -0.05) is 12.1 Å². The standard InChI is InChI=1S/C16H17N5O2/c1-23-9-8-18-14-6-7-15-19-10-13(21(15)20-14)11-2-4-12(5-3-11)16(17)22/h2-7,10H,8-9H2,1H3,(H2,17,22)(H,18,20). The Labute approximate surface area is 133 Å². The molecule has 0 spiro atoms. The van der Waals surface area contributed by atoms with Gasteiger partial charge in [0.1, 0.15) is 5.82 Å². The number of nitrogens with one attached hydrogen (secondary N) is 1. The van der Waals surface area contributed by atoms with E-state index in [0.717, 1.165) is 22.7 Å². The van der Waals surface area contributed by atoms with E-state index in [1.165, 1.54) is 0 Å². The summed E-state index contributed by atoms with van der Waals surface area (Å²) in [5.41, 5.74) is 8.23. The van der Waals surface area contributed by atoms with E-state index >= 15 is 0 Å². The highest BCUT2D eigenvalue weighted by Crippen LogP contribution is 2.21. The van der Waals surface area contributed by atoms with Crippen molar-refractivity contribution in [2.75, 3.05) is 25.6 Å². The van der Waals surface area contributed by atoms with Gasteiger partial charge in [-0.2, -0.15) is 0 Å². The van der Waals surface area contributed by atoms with E-state index in [4.69, 9.17) is 10.5 Å². The largest absolute Gasteiger partial charge is 0.383 e. The summed E-state index contributed by atoms with van der Waals surface area (Å²) in [4.78, 5) is 15.5. The highest BCUT2D eigenvalue weighted by Gasteiger charge is 2.09. The first kappa shape index (κ1) is 15.0. The summed E-state index contributed by atoms with van der Waals surface area (Å²) in [5.74, 6) is 0.292. The molecular formula is C16H17N5O2. The lowest BCUT2D eigenvalue weighted by Crippen LogP contribution is -2.10. The number of ether oxygens (including phenoxy) is 1. The van der Waals surface area contributed by atoms with Gasteiger partial charge in [0.25, 0.3) is 0 Å². The summed E-state index contributed by atoms with van der Waals surface area (Å²) >= 11 is 0. The number of hydrogen-bond donors (Lipinski definition) is 2. The summed E-state index contributed by atoms with van der Waals surface area (Å²) in [6.45, 7) is 1.28. The molecule has 0 fully saturated rings. The van der Waals surface area contributed by atoms with E-state index in [0.29, 0.717) is 18.7 Å². The minimum atomic E-state index is -0.447. The molecular weight excluding hydrogens is 294 g/mol. The predicted molar refractivity (Wildman–Crippen MR) is 87.3 cm³/mol. The normalized spacial score (nSPS) is 10.8. The predicted octanol–water partition coefficient (Wildman–Crippen LogP) is 1.55. The van der Waals surface area contributed by atoms with Crippen LogP contribution in [0.4, 0.5) is 5.82 Å². The number of primary amides is 1. The van der Waals surface area contributed by atoms with Crippen LogP contribution in [-0.4, -0.2) is 40.8 Å². The maximum atomic E-state index is 11.2. The average Bonchev–Trinajstić information content (AvgIpc) is 2.98. The van der Waals surface area contributed by atoms with Crippen LogP contribution in [0, 0.1) is 0 Å². The molecule has 1 aromatic carbocycles. The number of aromatic nitrogens is 3. The van der Waals surface area contributed by atoms with Gasteiger partial charge in [-0.05, 0) is 24.3 Å². The van der Waals surface area contributed by atoms with Crippen molar-refractivity contribution in [3.8, 4) is 11.3 Å². The fourth-order valence-corrected chi connectivity index (χ4v) is 2.25. The Kier molecular flexibility index (Phi) is 4.20. The number of imidazole rings is 1.